The summed E-state index contributed by atoms with van der Waals surface area (Å²) in [7, 11) is 0. The lowest BCUT2D eigenvalue weighted by Crippen LogP contribution is -2.25. The van der Waals surface area contributed by atoms with E-state index in [-0.39, 0.29) is 5.54 Å². The fraction of sp³-hybridized carbons (Fsp3) is 0.800. The Bertz CT molecular complexity index is 168. The van der Waals surface area contributed by atoms with Crippen LogP contribution in [-0.4, -0.2) is 5.54 Å². The minimum absolute atomic E-state index is 0.274. The van der Waals surface area contributed by atoms with E-state index in [9.17, 15) is 0 Å². The Morgan fingerprint density at radius 1 is 1.36 bits per heavy atom. The summed E-state index contributed by atoms with van der Waals surface area (Å²) in [6.07, 6.45) is 12.4. The lowest BCUT2D eigenvalue weighted by Gasteiger charge is -2.20. The van der Waals surface area contributed by atoms with Gasteiger partial charge in [0.1, 0.15) is 0 Å². The Balaban J connectivity index is 1.81. The van der Waals surface area contributed by atoms with E-state index in [4.69, 9.17) is 5.73 Å². The Morgan fingerprint density at radius 2 is 2.18 bits per heavy atom. The van der Waals surface area contributed by atoms with Gasteiger partial charge in [0.2, 0.25) is 0 Å². The van der Waals surface area contributed by atoms with Crippen molar-refractivity contribution in [3.05, 3.63) is 12.2 Å². The van der Waals surface area contributed by atoms with E-state index in [1.165, 1.54) is 38.5 Å². The first-order chi connectivity index (χ1) is 5.29. The van der Waals surface area contributed by atoms with E-state index in [0.29, 0.717) is 0 Å². The van der Waals surface area contributed by atoms with Crippen LogP contribution in [0.5, 0.6) is 0 Å². The van der Waals surface area contributed by atoms with E-state index in [2.05, 4.69) is 12.2 Å². The molecule has 2 rings (SSSR count). The van der Waals surface area contributed by atoms with Crippen LogP contribution in [0.3, 0.4) is 0 Å². The highest BCUT2D eigenvalue weighted by atomic mass is 14.8. The van der Waals surface area contributed by atoms with Gasteiger partial charge in [0.15, 0.2) is 0 Å². The van der Waals surface area contributed by atoms with Gasteiger partial charge in [-0.15, -0.1) is 0 Å². The zero-order chi connectivity index (χ0) is 7.73. The van der Waals surface area contributed by atoms with Crippen LogP contribution < -0.4 is 5.73 Å². The summed E-state index contributed by atoms with van der Waals surface area (Å²) in [5.41, 5.74) is 6.33. The molecule has 0 aliphatic heterocycles. The van der Waals surface area contributed by atoms with Crippen molar-refractivity contribution in [2.24, 2.45) is 11.7 Å². The molecule has 1 heteroatoms. The average Bonchev–Trinajstić information content (AvgIpc) is 2.70. The quantitative estimate of drug-likeness (QED) is 0.602. The van der Waals surface area contributed by atoms with Crippen molar-refractivity contribution < 1.29 is 0 Å². The minimum Gasteiger partial charge on any atom is -0.325 e. The maximum absolute atomic E-state index is 6.05. The molecule has 11 heavy (non-hydrogen) atoms. The lowest BCUT2D eigenvalue weighted by molar-refractivity contribution is 0.392. The Hall–Kier alpha value is -0.300. The summed E-state index contributed by atoms with van der Waals surface area (Å²) in [6.45, 7) is 0. The number of rotatable bonds is 2. The summed E-state index contributed by atoms with van der Waals surface area (Å²) in [5.74, 6) is 0.896. The molecule has 1 saturated carbocycles. The molecule has 0 aromatic carbocycles. The molecule has 2 aliphatic carbocycles. The van der Waals surface area contributed by atoms with Crippen LogP contribution in [0.4, 0.5) is 0 Å². The second-order valence-corrected chi connectivity index (χ2v) is 4.22. The Kier molecular flexibility index (Phi) is 1.76. The summed E-state index contributed by atoms with van der Waals surface area (Å²) in [4.78, 5) is 0. The van der Waals surface area contributed by atoms with Crippen LogP contribution in [0.1, 0.15) is 38.5 Å². The van der Waals surface area contributed by atoms with Crippen molar-refractivity contribution in [3.63, 3.8) is 0 Å². The van der Waals surface area contributed by atoms with E-state index >= 15 is 0 Å². The molecular formula is C10H17N. The van der Waals surface area contributed by atoms with Gasteiger partial charge in [-0.25, -0.2) is 0 Å². The number of allylic oxidation sites excluding steroid dienone is 2. The first-order valence-electron chi connectivity index (χ1n) is 4.72. The fourth-order valence-corrected chi connectivity index (χ4v) is 1.98. The van der Waals surface area contributed by atoms with Crippen molar-refractivity contribution in [2.45, 2.75) is 44.1 Å². The van der Waals surface area contributed by atoms with Crippen LogP contribution in [0.15, 0.2) is 12.2 Å². The van der Waals surface area contributed by atoms with E-state index in [1.807, 2.05) is 0 Å². The molecular weight excluding hydrogens is 134 g/mol. The van der Waals surface area contributed by atoms with Gasteiger partial charge in [-0.05, 0) is 44.4 Å². The molecule has 0 saturated heterocycles. The number of hydrogen-bond donors (Lipinski definition) is 1. The van der Waals surface area contributed by atoms with Crippen molar-refractivity contribution >= 4 is 0 Å². The van der Waals surface area contributed by atoms with Crippen molar-refractivity contribution in [3.8, 4) is 0 Å². The van der Waals surface area contributed by atoms with Gasteiger partial charge in [0, 0.05) is 5.54 Å². The molecule has 0 aromatic rings. The molecule has 0 spiro atoms. The van der Waals surface area contributed by atoms with Crippen molar-refractivity contribution in [2.75, 3.05) is 0 Å². The first-order valence-corrected chi connectivity index (χ1v) is 4.72. The summed E-state index contributed by atoms with van der Waals surface area (Å²) in [6, 6.07) is 0. The molecule has 0 radical (unpaired) electrons. The molecule has 0 aromatic heterocycles. The zero-order valence-electron chi connectivity index (χ0n) is 7.05. The van der Waals surface area contributed by atoms with Crippen LogP contribution >= 0.6 is 0 Å². The second kappa shape index (κ2) is 2.63. The molecule has 1 atom stereocenters. The average molecular weight is 151 g/mol. The third-order valence-electron chi connectivity index (χ3n) is 2.97. The molecule has 0 heterocycles. The molecule has 1 unspecified atom stereocenters. The van der Waals surface area contributed by atoms with Gasteiger partial charge in [-0.2, -0.15) is 0 Å². The van der Waals surface area contributed by atoms with Gasteiger partial charge in [-0.3, -0.25) is 0 Å². The lowest BCUT2D eigenvalue weighted by atomic mass is 9.88. The normalized spacial score (nSPS) is 33.7. The molecule has 1 fully saturated rings. The maximum atomic E-state index is 6.05. The standard InChI is InChI=1S/C10H17N/c11-10(6-7-10)8-9-4-2-1-3-5-9/h1-2,9H,3-8,11H2. The second-order valence-electron chi connectivity index (χ2n) is 4.22. The number of nitrogens with two attached hydrogens (primary N) is 1. The predicted molar refractivity (Wildman–Crippen MR) is 47.3 cm³/mol. The van der Waals surface area contributed by atoms with Gasteiger partial charge >= 0.3 is 0 Å². The molecule has 2 N–H and O–H groups in total. The third-order valence-corrected chi connectivity index (χ3v) is 2.97. The first kappa shape index (κ1) is 7.35. The Labute approximate surface area is 68.7 Å². The van der Waals surface area contributed by atoms with Crippen LogP contribution in [0.2, 0.25) is 0 Å². The van der Waals surface area contributed by atoms with Crippen molar-refractivity contribution in [1.29, 1.82) is 0 Å². The topological polar surface area (TPSA) is 26.0 Å². The smallest absolute Gasteiger partial charge is 0.0158 e. The molecule has 0 amide bonds. The van der Waals surface area contributed by atoms with Gasteiger partial charge in [0.05, 0.1) is 0 Å². The maximum Gasteiger partial charge on any atom is 0.0158 e. The van der Waals surface area contributed by atoms with Crippen LogP contribution in [0, 0.1) is 5.92 Å². The minimum atomic E-state index is 0.274. The van der Waals surface area contributed by atoms with E-state index in [0.717, 1.165) is 5.92 Å². The monoisotopic (exact) mass is 151 g/mol. The summed E-state index contributed by atoms with van der Waals surface area (Å²) in [5, 5.41) is 0. The largest absolute Gasteiger partial charge is 0.325 e. The summed E-state index contributed by atoms with van der Waals surface area (Å²) < 4.78 is 0. The van der Waals surface area contributed by atoms with Gasteiger partial charge in [0.25, 0.3) is 0 Å². The SMILES string of the molecule is NC1(CC2CC=CCC2)CC1. The third kappa shape index (κ3) is 1.84. The molecule has 62 valence electrons. The highest BCUT2D eigenvalue weighted by molar-refractivity contribution is 5.02. The fourth-order valence-electron chi connectivity index (χ4n) is 1.98. The van der Waals surface area contributed by atoms with Gasteiger partial charge in [-0.1, -0.05) is 12.2 Å². The molecule has 0 bridgehead atoms. The predicted octanol–water partition coefficient (Wildman–Crippen LogP) is 2.22. The van der Waals surface area contributed by atoms with E-state index in [1.54, 1.807) is 0 Å². The van der Waals surface area contributed by atoms with Gasteiger partial charge < -0.3 is 5.73 Å². The number of hydrogen-bond acceptors (Lipinski definition) is 1. The van der Waals surface area contributed by atoms with Crippen LogP contribution in [-0.2, 0) is 0 Å². The Morgan fingerprint density at radius 3 is 2.73 bits per heavy atom. The highest BCUT2D eigenvalue weighted by Gasteiger charge is 2.39. The molecule has 1 nitrogen and oxygen atoms in total. The highest BCUT2D eigenvalue weighted by Crippen LogP contribution is 2.40. The zero-order valence-corrected chi connectivity index (χ0v) is 7.05. The van der Waals surface area contributed by atoms with Crippen molar-refractivity contribution in [1.82, 2.24) is 0 Å². The summed E-state index contributed by atoms with van der Waals surface area (Å²) >= 11 is 0. The molecule has 2 aliphatic rings. The van der Waals surface area contributed by atoms with Crippen LogP contribution in [0.25, 0.3) is 0 Å². The van der Waals surface area contributed by atoms with E-state index < -0.39 is 0 Å².